The summed E-state index contributed by atoms with van der Waals surface area (Å²) < 4.78 is 40.1. The van der Waals surface area contributed by atoms with Crippen LogP contribution in [-0.4, -0.2) is 27.8 Å². The van der Waals surface area contributed by atoms with Crippen molar-refractivity contribution in [2.24, 2.45) is 0 Å². The number of benzene rings is 1. The van der Waals surface area contributed by atoms with Gasteiger partial charge < -0.3 is 10.3 Å². The third-order valence-electron chi connectivity index (χ3n) is 5.35. The number of carbonyl (C=O) groups is 1. The van der Waals surface area contributed by atoms with Gasteiger partial charge in [-0.1, -0.05) is 30.3 Å². The smallest absolute Gasteiger partial charge is 0.341 e. The molecular weight excluding hydrogens is 459 g/mol. The van der Waals surface area contributed by atoms with Crippen molar-refractivity contribution in [1.82, 2.24) is 15.3 Å². The monoisotopic (exact) mass is 481 g/mol. The van der Waals surface area contributed by atoms with E-state index in [0.717, 1.165) is 36.1 Å². The molecule has 0 spiro atoms. The van der Waals surface area contributed by atoms with Gasteiger partial charge in [-0.2, -0.15) is 24.9 Å². The molecule has 170 valence electrons. The lowest BCUT2D eigenvalue weighted by Gasteiger charge is -2.22. The molecule has 0 fully saturated rings. The number of aromatic nitrogens is 2. The van der Waals surface area contributed by atoms with Gasteiger partial charge in [0.05, 0.1) is 11.1 Å². The van der Waals surface area contributed by atoms with Crippen LogP contribution in [0.1, 0.15) is 47.1 Å². The molecule has 5 nitrogen and oxygen atoms in total. The van der Waals surface area contributed by atoms with Gasteiger partial charge in [0.1, 0.15) is 10.7 Å². The molecule has 0 saturated heterocycles. The van der Waals surface area contributed by atoms with E-state index in [-0.39, 0.29) is 17.5 Å². The number of thiophene rings is 1. The number of rotatable bonds is 7. The lowest BCUT2D eigenvalue weighted by atomic mass is 9.97. The van der Waals surface area contributed by atoms with Crippen molar-refractivity contribution < 1.29 is 18.0 Å². The van der Waals surface area contributed by atoms with Crippen LogP contribution in [0.3, 0.4) is 0 Å². The van der Waals surface area contributed by atoms with Gasteiger partial charge >= 0.3 is 6.18 Å². The number of thioether (sulfide) groups is 1. The zero-order valence-electron chi connectivity index (χ0n) is 17.1. The maximum Gasteiger partial charge on any atom is 0.412 e. The number of aryl methyl sites for hydroxylation is 2. The van der Waals surface area contributed by atoms with Crippen molar-refractivity contribution >= 4 is 39.2 Å². The van der Waals surface area contributed by atoms with Crippen molar-refractivity contribution in [2.75, 3.05) is 5.75 Å². The summed E-state index contributed by atoms with van der Waals surface area (Å²) in [6, 6.07) is 5.28. The molecule has 3 aromatic rings. The predicted octanol–water partition coefficient (Wildman–Crippen LogP) is 4.91. The largest absolute Gasteiger partial charge is 0.412 e. The van der Waals surface area contributed by atoms with Crippen LogP contribution in [0.15, 0.2) is 35.1 Å². The molecule has 1 aliphatic carbocycles. The number of H-pyrrole nitrogens is 1. The molecular formula is C22H22F3N3O2S2. The minimum absolute atomic E-state index is 0.00488. The molecule has 32 heavy (non-hydrogen) atoms. The second-order valence-electron chi connectivity index (χ2n) is 7.66. The number of carbonyl (C=O) groups excluding carboxylic acids is 1. The Balaban J connectivity index is 1.33. The number of hydrogen-bond donors (Lipinski definition) is 2. The quantitative estimate of drug-likeness (QED) is 0.471. The van der Waals surface area contributed by atoms with E-state index in [4.69, 9.17) is 0 Å². The van der Waals surface area contributed by atoms with Gasteiger partial charge in [-0.05, 0) is 36.8 Å². The highest BCUT2D eigenvalue weighted by Gasteiger charge is 2.41. The Hall–Kier alpha value is -2.33. The van der Waals surface area contributed by atoms with Gasteiger partial charge in [0.25, 0.3) is 5.56 Å². The van der Waals surface area contributed by atoms with Gasteiger partial charge in [-0.25, -0.2) is 4.98 Å². The van der Waals surface area contributed by atoms with Crippen molar-refractivity contribution in [3.05, 3.63) is 62.5 Å². The van der Waals surface area contributed by atoms with Gasteiger partial charge in [0, 0.05) is 17.1 Å². The van der Waals surface area contributed by atoms with Crippen LogP contribution in [0.5, 0.6) is 0 Å². The van der Waals surface area contributed by atoms with Crippen molar-refractivity contribution in [3.63, 3.8) is 0 Å². The van der Waals surface area contributed by atoms with E-state index < -0.39 is 18.1 Å². The van der Waals surface area contributed by atoms with Crippen molar-refractivity contribution in [2.45, 2.75) is 50.1 Å². The van der Waals surface area contributed by atoms with Gasteiger partial charge in [0.15, 0.2) is 6.04 Å². The normalized spacial score (nSPS) is 14.8. The van der Waals surface area contributed by atoms with Gasteiger partial charge in [-0.15, -0.1) is 11.3 Å². The van der Waals surface area contributed by atoms with Crippen LogP contribution in [0, 0.1) is 0 Å². The minimum atomic E-state index is -4.58. The Kier molecular flexibility index (Phi) is 6.90. The van der Waals surface area contributed by atoms with Crippen LogP contribution in [-0.2, 0) is 23.4 Å². The van der Waals surface area contributed by atoms with E-state index in [1.807, 2.05) is 0 Å². The molecule has 1 aromatic carbocycles. The Bertz CT molecular complexity index is 1160. The summed E-state index contributed by atoms with van der Waals surface area (Å²) >= 11 is 2.92. The number of hydrogen-bond acceptors (Lipinski definition) is 5. The highest BCUT2D eigenvalue weighted by Crippen LogP contribution is 2.34. The lowest BCUT2D eigenvalue weighted by Crippen LogP contribution is -2.38. The summed E-state index contributed by atoms with van der Waals surface area (Å²) in [6.07, 6.45) is -0.547. The fourth-order valence-corrected chi connectivity index (χ4v) is 5.93. The van der Waals surface area contributed by atoms with E-state index >= 15 is 0 Å². The molecule has 0 aliphatic heterocycles. The van der Waals surface area contributed by atoms with E-state index in [1.54, 1.807) is 17.4 Å². The molecule has 1 atom stereocenters. The number of nitrogens with zero attached hydrogens (tertiary/aromatic N) is 1. The van der Waals surface area contributed by atoms with Crippen LogP contribution in [0.2, 0.25) is 0 Å². The van der Waals surface area contributed by atoms with Crippen molar-refractivity contribution in [1.29, 1.82) is 0 Å². The Labute approximate surface area is 190 Å². The van der Waals surface area contributed by atoms with Gasteiger partial charge in [-0.3, -0.25) is 9.59 Å². The number of halogens is 3. The molecule has 0 radical (unpaired) electrons. The van der Waals surface area contributed by atoms with Crippen LogP contribution >= 0.6 is 23.1 Å². The lowest BCUT2D eigenvalue weighted by molar-refractivity contribution is -0.163. The number of nitrogens with one attached hydrogen (secondary N) is 2. The molecule has 2 N–H and O–H groups in total. The summed E-state index contributed by atoms with van der Waals surface area (Å²) in [5.41, 5.74) is 0.979. The zero-order chi connectivity index (χ0) is 22.7. The molecule has 10 heteroatoms. The highest BCUT2D eigenvalue weighted by atomic mass is 32.2. The second-order valence-corrected chi connectivity index (χ2v) is 9.85. The van der Waals surface area contributed by atoms with E-state index in [1.165, 1.54) is 40.9 Å². The number of amides is 1. The summed E-state index contributed by atoms with van der Waals surface area (Å²) in [4.78, 5) is 34.1. The van der Waals surface area contributed by atoms with Crippen LogP contribution < -0.4 is 10.9 Å². The molecule has 1 unspecified atom stereocenters. The fourth-order valence-electron chi connectivity index (χ4n) is 3.84. The summed E-state index contributed by atoms with van der Waals surface area (Å²) in [6.45, 7) is 0. The number of aromatic amines is 1. The first-order valence-electron chi connectivity index (χ1n) is 10.3. The van der Waals surface area contributed by atoms with Crippen LogP contribution in [0.25, 0.3) is 10.2 Å². The number of fused-ring (bicyclic) bond motifs is 3. The Morgan fingerprint density at radius 3 is 2.72 bits per heavy atom. The van der Waals surface area contributed by atoms with Gasteiger partial charge in [0.2, 0.25) is 5.91 Å². The summed E-state index contributed by atoms with van der Waals surface area (Å²) in [5.74, 6) is 0.534. The van der Waals surface area contributed by atoms with Crippen LogP contribution in [0.4, 0.5) is 13.2 Å². The van der Waals surface area contributed by atoms with E-state index in [9.17, 15) is 22.8 Å². The highest BCUT2D eigenvalue weighted by molar-refractivity contribution is 7.98. The number of alkyl halides is 3. The van der Waals surface area contributed by atoms with Crippen molar-refractivity contribution in [3.8, 4) is 0 Å². The molecule has 2 heterocycles. The maximum atomic E-state index is 13.4. The predicted molar refractivity (Wildman–Crippen MR) is 121 cm³/mol. The first-order valence-corrected chi connectivity index (χ1v) is 12.3. The second kappa shape index (κ2) is 9.66. The summed E-state index contributed by atoms with van der Waals surface area (Å²) in [5, 5.41) is 2.78. The topological polar surface area (TPSA) is 74.8 Å². The SMILES string of the molecule is O=C(CCSCc1nc2sc3c(c2c(=O)[nH]1)CCCC3)NC(c1ccccc1)C(F)(F)F. The molecule has 2 aromatic heterocycles. The minimum Gasteiger partial charge on any atom is -0.341 e. The molecule has 0 saturated carbocycles. The first-order chi connectivity index (χ1) is 15.3. The molecule has 0 bridgehead atoms. The van der Waals surface area contributed by atoms with E-state index in [0.29, 0.717) is 22.7 Å². The Morgan fingerprint density at radius 1 is 1.22 bits per heavy atom. The Morgan fingerprint density at radius 2 is 1.97 bits per heavy atom. The van der Waals surface area contributed by atoms with E-state index in [2.05, 4.69) is 15.3 Å². The average Bonchev–Trinajstić information content (AvgIpc) is 3.14. The zero-order valence-corrected chi connectivity index (χ0v) is 18.8. The average molecular weight is 482 g/mol. The molecule has 4 rings (SSSR count). The standard InChI is InChI=1S/C22H22F3N3O2S2/c23-22(24,25)19(13-6-2-1-3-7-13)28-17(29)10-11-31-12-16-26-20(30)18-14-8-4-5-9-15(14)32-21(18)27-16/h1-3,6-7,19H,4-5,8-12H2,(H,28,29)(H,26,27,30). The molecule has 1 amide bonds. The summed E-state index contributed by atoms with van der Waals surface area (Å²) in [7, 11) is 0. The maximum absolute atomic E-state index is 13.4. The third kappa shape index (κ3) is 5.17. The first kappa shape index (κ1) is 22.8. The fraction of sp³-hybridized carbons (Fsp3) is 0.409. The third-order valence-corrected chi connectivity index (χ3v) is 7.51. The molecule has 1 aliphatic rings.